The van der Waals surface area contributed by atoms with Gasteiger partial charge in [0.2, 0.25) is 5.88 Å². The Hall–Kier alpha value is -1.03. The number of hydrogen-bond donors (Lipinski definition) is 1. The molecular weight excluding hydrogens is 268 g/mol. The van der Waals surface area contributed by atoms with Crippen LogP contribution in [0.15, 0.2) is 10.5 Å². The Morgan fingerprint density at radius 2 is 2.19 bits per heavy atom. The molecule has 1 N–H and O–H groups in total. The Morgan fingerprint density at radius 1 is 1.44 bits per heavy atom. The van der Waals surface area contributed by atoms with Crippen LogP contribution in [0.3, 0.4) is 0 Å². The molecule has 0 aliphatic heterocycles. The number of fused-ring (bicyclic) bond motifs is 1. The number of aryl methyl sites for hydroxylation is 2. The number of rotatable bonds is 3. The first-order valence-electron chi connectivity index (χ1n) is 5.47. The summed E-state index contributed by atoms with van der Waals surface area (Å²) in [5, 5.41) is 1.05. The van der Waals surface area contributed by atoms with Gasteiger partial charge in [-0.1, -0.05) is 6.92 Å². The summed E-state index contributed by atoms with van der Waals surface area (Å²) in [4.78, 5) is 7.81. The van der Waals surface area contributed by atoms with E-state index < -0.39 is 0 Å². The topological polar surface area (TPSA) is 37.9 Å². The number of hydrogen-bond acceptors (Lipinski definition) is 2. The maximum Gasteiger partial charge on any atom is 0.224 e. The van der Waals surface area contributed by atoms with Gasteiger partial charge in [-0.05, 0) is 42.3 Å². The standard InChI is InChI=1S/C12H15BrN2O/c1-4-8-11(13)10-9(15-8)6-7(3)14-12(10)16-5-2/h6,15H,4-5H2,1-3H3. The quantitative estimate of drug-likeness (QED) is 0.934. The van der Waals surface area contributed by atoms with Crippen molar-refractivity contribution in [3.63, 3.8) is 0 Å². The van der Waals surface area contributed by atoms with E-state index in [2.05, 4.69) is 32.8 Å². The fourth-order valence-electron chi connectivity index (χ4n) is 1.81. The molecular formula is C12H15BrN2O. The van der Waals surface area contributed by atoms with E-state index in [4.69, 9.17) is 4.74 Å². The van der Waals surface area contributed by atoms with E-state index in [0.717, 1.165) is 27.5 Å². The zero-order valence-corrected chi connectivity index (χ0v) is 11.3. The predicted octanol–water partition coefficient (Wildman–Crippen LogP) is 3.59. The van der Waals surface area contributed by atoms with E-state index in [-0.39, 0.29) is 0 Å². The Balaban J connectivity index is 2.72. The van der Waals surface area contributed by atoms with Crippen LogP contribution in [0.1, 0.15) is 25.2 Å². The summed E-state index contributed by atoms with van der Waals surface area (Å²) in [6.07, 6.45) is 0.958. The molecule has 86 valence electrons. The highest BCUT2D eigenvalue weighted by Gasteiger charge is 2.14. The minimum atomic E-state index is 0.630. The molecule has 4 heteroatoms. The van der Waals surface area contributed by atoms with Crippen LogP contribution in [0, 0.1) is 6.92 Å². The lowest BCUT2D eigenvalue weighted by molar-refractivity contribution is 0.330. The van der Waals surface area contributed by atoms with Crippen LogP contribution in [0.5, 0.6) is 5.88 Å². The first-order chi connectivity index (χ1) is 7.67. The van der Waals surface area contributed by atoms with Crippen LogP contribution in [0.4, 0.5) is 0 Å². The first kappa shape index (κ1) is 11.5. The second kappa shape index (κ2) is 4.45. The summed E-state index contributed by atoms with van der Waals surface area (Å²) in [6, 6.07) is 2.04. The molecule has 0 saturated heterocycles. The molecule has 0 radical (unpaired) electrons. The molecule has 2 aromatic heterocycles. The van der Waals surface area contributed by atoms with Crippen molar-refractivity contribution in [3.05, 3.63) is 21.9 Å². The highest BCUT2D eigenvalue weighted by atomic mass is 79.9. The lowest BCUT2D eigenvalue weighted by Gasteiger charge is -2.05. The number of aromatic nitrogens is 2. The normalized spacial score (nSPS) is 11.0. The molecule has 2 aromatic rings. The van der Waals surface area contributed by atoms with Crippen LogP contribution in [0.25, 0.3) is 10.9 Å². The van der Waals surface area contributed by atoms with Crippen LogP contribution in [-0.2, 0) is 6.42 Å². The van der Waals surface area contributed by atoms with Gasteiger partial charge in [0, 0.05) is 11.4 Å². The molecule has 0 bridgehead atoms. The lowest BCUT2D eigenvalue weighted by atomic mass is 10.2. The third-order valence-electron chi connectivity index (χ3n) is 2.52. The molecule has 0 aliphatic carbocycles. The molecule has 0 aromatic carbocycles. The van der Waals surface area contributed by atoms with Crippen molar-refractivity contribution >= 4 is 26.8 Å². The van der Waals surface area contributed by atoms with Gasteiger partial charge in [-0.2, -0.15) is 0 Å². The second-order valence-corrected chi connectivity index (χ2v) is 4.49. The van der Waals surface area contributed by atoms with Gasteiger partial charge in [-0.3, -0.25) is 0 Å². The molecule has 0 fully saturated rings. The van der Waals surface area contributed by atoms with Crippen molar-refractivity contribution < 1.29 is 4.74 Å². The van der Waals surface area contributed by atoms with Crippen LogP contribution in [-0.4, -0.2) is 16.6 Å². The molecule has 3 nitrogen and oxygen atoms in total. The third-order valence-corrected chi connectivity index (χ3v) is 3.39. The Kier molecular flexibility index (Phi) is 3.19. The van der Waals surface area contributed by atoms with Crippen LogP contribution >= 0.6 is 15.9 Å². The second-order valence-electron chi connectivity index (χ2n) is 3.70. The average Bonchev–Trinajstić information content (AvgIpc) is 2.55. The SMILES string of the molecule is CCOc1nc(C)cc2[nH]c(CC)c(Br)c12. The summed E-state index contributed by atoms with van der Waals surface area (Å²) in [7, 11) is 0. The third kappa shape index (κ3) is 1.82. The summed E-state index contributed by atoms with van der Waals surface area (Å²) in [6.45, 7) is 6.69. The van der Waals surface area contributed by atoms with Gasteiger partial charge in [-0.25, -0.2) is 4.98 Å². The van der Waals surface area contributed by atoms with E-state index in [9.17, 15) is 0 Å². The van der Waals surface area contributed by atoms with E-state index in [0.29, 0.717) is 12.5 Å². The number of pyridine rings is 1. The molecule has 0 unspecified atom stereocenters. The fourth-order valence-corrected chi connectivity index (χ4v) is 2.57. The molecule has 0 aliphatic rings. The maximum atomic E-state index is 5.58. The highest BCUT2D eigenvalue weighted by Crippen LogP contribution is 2.34. The Bertz CT molecular complexity index is 519. The van der Waals surface area contributed by atoms with Crippen LogP contribution in [0.2, 0.25) is 0 Å². The summed E-state index contributed by atoms with van der Waals surface area (Å²) in [5.74, 6) is 0.709. The number of H-pyrrole nitrogens is 1. The van der Waals surface area contributed by atoms with Crippen molar-refractivity contribution in [1.82, 2.24) is 9.97 Å². The van der Waals surface area contributed by atoms with Crippen molar-refractivity contribution in [2.45, 2.75) is 27.2 Å². The number of aromatic amines is 1. The largest absolute Gasteiger partial charge is 0.477 e. The lowest BCUT2D eigenvalue weighted by Crippen LogP contribution is -1.96. The van der Waals surface area contributed by atoms with Crippen molar-refractivity contribution in [2.24, 2.45) is 0 Å². The van der Waals surface area contributed by atoms with Crippen LogP contribution < -0.4 is 4.74 Å². The maximum absolute atomic E-state index is 5.58. The van der Waals surface area contributed by atoms with Gasteiger partial charge in [0.25, 0.3) is 0 Å². The summed E-state index contributed by atoms with van der Waals surface area (Å²) < 4.78 is 6.65. The molecule has 0 spiro atoms. The first-order valence-corrected chi connectivity index (χ1v) is 6.27. The Labute approximate surface area is 103 Å². The number of nitrogens with zero attached hydrogens (tertiary/aromatic N) is 1. The molecule has 0 saturated carbocycles. The number of ether oxygens (including phenoxy) is 1. The van der Waals surface area contributed by atoms with E-state index in [1.807, 2.05) is 19.9 Å². The van der Waals surface area contributed by atoms with Crippen molar-refractivity contribution in [2.75, 3.05) is 6.61 Å². The molecule has 16 heavy (non-hydrogen) atoms. The van der Waals surface area contributed by atoms with Crippen molar-refractivity contribution in [3.8, 4) is 5.88 Å². The smallest absolute Gasteiger partial charge is 0.224 e. The number of halogens is 1. The van der Waals surface area contributed by atoms with Gasteiger partial charge < -0.3 is 9.72 Å². The van der Waals surface area contributed by atoms with Gasteiger partial charge >= 0.3 is 0 Å². The molecule has 2 heterocycles. The van der Waals surface area contributed by atoms with Gasteiger partial charge in [0.1, 0.15) is 0 Å². The predicted molar refractivity (Wildman–Crippen MR) is 69.1 cm³/mol. The summed E-state index contributed by atoms with van der Waals surface area (Å²) >= 11 is 3.61. The Morgan fingerprint density at radius 3 is 2.81 bits per heavy atom. The average molecular weight is 283 g/mol. The zero-order valence-electron chi connectivity index (χ0n) is 9.72. The van der Waals surface area contributed by atoms with E-state index >= 15 is 0 Å². The van der Waals surface area contributed by atoms with Gasteiger partial charge in [0.05, 0.1) is 22.0 Å². The molecule has 2 rings (SSSR count). The number of nitrogens with one attached hydrogen (secondary N) is 1. The highest BCUT2D eigenvalue weighted by molar-refractivity contribution is 9.10. The fraction of sp³-hybridized carbons (Fsp3) is 0.417. The van der Waals surface area contributed by atoms with Crippen molar-refractivity contribution in [1.29, 1.82) is 0 Å². The zero-order chi connectivity index (χ0) is 11.7. The molecule has 0 amide bonds. The minimum absolute atomic E-state index is 0.630. The van der Waals surface area contributed by atoms with Gasteiger partial charge in [0.15, 0.2) is 0 Å². The summed E-state index contributed by atoms with van der Waals surface area (Å²) in [5.41, 5.74) is 3.23. The molecule has 0 atom stereocenters. The van der Waals surface area contributed by atoms with E-state index in [1.165, 1.54) is 5.69 Å². The minimum Gasteiger partial charge on any atom is -0.477 e. The van der Waals surface area contributed by atoms with Gasteiger partial charge in [-0.15, -0.1) is 0 Å². The van der Waals surface area contributed by atoms with E-state index in [1.54, 1.807) is 0 Å². The monoisotopic (exact) mass is 282 g/mol.